The number of aliphatic hydroxyl groups is 4. The van der Waals surface area contributed by atoms with Crippen LogP contribution in [0.25, 0.3) is 0 Å². The Morgan fingerprint density at radius 2 is 1.73 bits per heavy atom. The summed E-state index contributed by atoms with van der Waals surface area (Å²) in [5.74, 6) is -5.13. The topological polar surface area (TPSA) is 255 Å². The highest BCUT2D eigenvalue weighted by atomic mass is 32.3. The van der Waals surface area contributed by atoms with E-state index in [1.54, 1.807) is 0 Å². The Hall–Kier alpha value is -0.990. The van der Waals surface area contributed by atoms with Crippen LogP contribution in [0.4, 0.5) is 0 Å². The van der Waals surface area contributed by atoms with Crippen LogP contribution in [-0.2, 0) is 38.7 Å². The highest BCUT2D eigenvalue weighted by Gasteiger charge is 2.54. The fourth-order valence-corrected chi connectivity index (χ4v) is 2.87. The minimum absolute atomic E-state index is 1.03. The molecule has 0 radical (unpaired) electrons. The molecule has 0 spiro atoms. The van der Waals surface area contributed by atoms with E-state index in [1.165, 1.54) is 0 Å². The number of carboxylic acids is 1. The van der Waals surface area contributed by atoms with Crippen molar-refractivity contribution in [3.63, 3.8) is 0 Å². The highest BCUT2D eigenvalue weighted by Crippen LogP contribution is 2.31. The van der Waals surface area contributed by atoms with Crippen molar-refractivity contribution >= 4 is 26.8 Å². The number of carbonyl (C=O) groups is 1. The Labute approximate surface area is 146 Å². The summed E-state index contributed by atoms with van der Waals surface area (Å²) in [6.07, 6.45) is -12.2. The van der Waals surface area contributed by atoms with Crippen LogP contribution in [0.15, 0.2) is 0 Å². The molecular formula is C9H16O15S2. The number of hydrogen-bond acceptors (Lipinski definition) is 12. The first kappa shape index (κ1) is 23.0. The molecule has 17 heteroatoms. The van der Waals surface area contributed by atoms with Crippen LogP contribution < -0.4 is 0 Å². The number of aliphatic carboxylic acids is 1. The van der Waals surface area contributed by atoms with Crippen molar-refractivity contribution in [1.82, 2.24) is 0 Å². The van der Waals surface area contributed by atoms with Gasteiger partial charge in [0.1, 0.15) is 24.4 Å². The first-order valence-corrected chi connectivity index (χ1v) is 9.24. The van der Waals surface area contributed by atoms with Gasteiger partial charge in [0.2, 0.25) is 0 Å². The Morgan fingerprint density at radius 3 is 2.15 bits per heavy atom. The van der Waals surface area contributed by atoms with Gasteiger partial charge in [-0.1, -0.05) is 0 Å². The first-order chi connectivity index (χ1) is 11.6. The summed E-state index contributed by atoms with van der Waals surface area (Å²) in [7, 11) is -10.5. The van der Waals surface area contributed by atoms with Gasteiger partial charge in [-0.15, -0.1) is 0 Å². The molecule has 0 bridgehead atoms. The van der Waals surface area contributed by atoms with E-state index in [0.29, 0.717) is 0 Å². The van der Waals surface area contributed by atoms with Gasteiger partial charge >= 0.3 is 26.8 Å². The van der Waals surface area contributed by atoms with Crippen LogP contribution in [-0.4, -0.2) is 100 Å². The lowest BCUT2D eigenvalue weighted by molar-refractivity contribution is -0.312. The van der Waals surface area contributed by atoms with Gasteiger partial charge in [-0.05, 0) is 0 Å². The molecule has 1 rings (SSSR count). The Bertz CT molecular complexity index is 715. The average Bonchev–Trinajstić information content (AvgIpc) is 2.44. The Kier molecular flexibility index (Phi) is 7.04. The third kappa shape index (κ3) is 6.32. The molecule has 154 valence electrons. The first-order valence-electron chi connectivity index (χ1n) is 6.51. The van der Waals surface area contributed by atoms with Gasteiger partial charge in [0.05, 0.1) is 12.7 Å². The third-order valence-electron chi connectivity index (χ3n) is 3.23. The highest BCUT2D eigenvalue weighted by molar-refractivity contribution is 7.81. The number of ether oxygens (including phenoxy) is 1. The molecule has 6 atom stereocenters. The normalized spacial score (nSPS) is 32.8. The molecule has 1 aliphatic rings. The number of aliphatic hydroxyl groups excluding tert-OH is 3. The molecule has 1 saturated heterocycles. The van der Waals surface area contributed by atoms with E-state index in [0.717, 1.165) is 0 Å². The van der Waals surface area contributed by atoms with Gasteiger partial charge in [0.25, 0.3) is 5.79 Å². The standard InChI is InChI=1S/C9H16O15S2/c10-3-1-9(15,8(13)14)23-7(5(3)11)6(12)4(24-26(19,20)21)2-22-25(16,17)18/h3-7,10-12,15H,1-2H2,(H,13,14)(H,16,17,18)(H,19,20,21)/t3-,4+,5-,6?,7+,9-/m1/s1. The SMILES string of the molecule is O=C(O)[C@@]1(O)C[C@@H](O)[C@@H](O)[C@@H](C(O)[C@H](COS(=O)(=O)O)OS(=O)(=O)O)O1. The van der Waals surface area contributed by atoms with E-state index in [1.807, 2.05) is 0 Å². The molecule has 0 amide bonds. The molecule has 7 N–H and O–H groups in total. The van der Waals surface area contributed by atoms with Crippen LogP contribution in [0.5, 0.6) is 0 Å². The van der Waals surface area contributed by atoms with Crippen LogP contribution in [0.1, 0.15) is 6.42 Å². The summed E-state index contributed by atoms with van der Waals surface area (Å²) in [4.78, 5) is 11.0. The van der Waals surface area contributed by atoms with Crippen molar-refractivity contribution < 1.29 is 69.4 Å². The van der Waals surface area contributed by atoms with E-state index >= 15 is 0 Å². The van der Waals surface area contributed by atoms with Gasteiger partial charge < -0.3 is 30.3 Å². The van der Waals surface area contributed by atoms with Crippen LogP contribution in [0.2, 0.25) is 0 Å². The van der Waals surface area contributed by atoms with Crippen LogP contribution >= 0.6 is 0 Å². The van der Waals surface area contributed by atoms with Crippen molar-refractivity contribution in [1.29, 1.82) is 0 Å². The lowest BCUT2D eigenvalue weighted by Crippen LogP contribution is -2.63. The summed E-state index contributed by atoms with van der Waals surface area (Å²) in [6, 6.07) is 0. The van der Waals surface area contributed by atoms with Crippen molar-refractivity contribution in [3.8, 4) is 0 Å². The number of hydrogen-bond donors (Lipinski definition) is 7. The maximum Gasteiger partial charge on any atom is 0.397 e. The number of carboxylic acid groups (broad SMARTS) is 1. The molecule has 0 saturated carbocycles. The van der Waals surface area contributed by atoms with Crippen molar-refractivity contribution in [2.75, 3.05) is 6.61 Å². The van der Waals surface area contributed by atoms with E-state index in [4.69, 9.17) is 14.2 Å². The predicted molar refractivity (Wildman–Crippen MR) is 74.0 cm³/mol. The summed E-state index contributed by atoms with van der Waals surface area (Å²) < 4.78 is 72.1. The van der Waals surface area contributed by atoms with E-state index in [-0.39, 0.29) is 0 Å². The predicted octanol–water partition coefficient (Wildman–Crippen LogP) is -4.36. The van der Waals surface area contributed by atoms with Gasteiger partial charge in [-0.3, -0.25) is 9.11 Å². The van der Waals surface area contributed by atoms with E-state index in [2.05, 4.69) is 13.1 Å². The average molecular weight is 428 g/mol. The van der Waals surface area contributed by atoms with E-state index in [9.17, 15) is 42.1 Å². The molecule has 15 nitrogen and oxygen atoms in total. The minimum atomic E-state index is -5.35. The van der Waals surface area contributed by atoms with Crippen molar-refractivity contribution in [3.05, 3.63) is 0 Å². The summed E-state index contributed by atoms with van der Waals surface area (Å²) in [6.45, 7) is -1.45. The fourth-order valence-electron chi connectivity index (χ4n) is 2.08. The van der Waals surface area contributed by atoms with Gasteiger partial charge in [-0.25, -0.2) is 13.2 Å². The Morgan fingerprint density at radius 1 is 1.19 bits per heavy atom. The van der Waals surface area contributed by atoms with Crippen molar-refractivity contribution in [2.45, 2.75) is 42.7 Å². The van der Waals surface area contributed by atoms with Crippen LogP contribution in [0.3, 0.4) is 0 Å². The van der Waals surface area contributed by atoms with Crippen molar-refractivity contribution in [2.24, 2.45) is 0 Å². The van der Waals surface area contributed by atoms with Gasteiger partial charge in [0, 0.05) is 6.42 Å². The minimum Gasteiger partial charge on any atom is -0.477 e. The largest absolute Gasteiger partial charge is 0.477 e. The molecule has 0 aliphatic carbocycles. The zero-order chi connectivity index (χ0) is 20.5. The smallest absolute Gasteiger partial charge is 0.397 e. The summed E-state index contributed by atoms with van der Waals surface area (Å²) in [5, 5.41) is 48.1. The maximum absolute atomic E-state index is 11.0. The number of rotatable bonds is 8. The molecule has 1 fully saturated rings. The fraction of sp³-hybridized carbons (Fsp3) is 0.889. The maximum atomic E-state index is 11.0. The monoisotopic (exact) mass is 428 g/mol. The quantitative estimate of drug-likeness (QED) is 0.180. The second-order valence-electron chi connectivity index (χ2n) is 5.20. The second-order valence-corrected chi connectivity index (χ2v) is 7.34. The summed E-state index contributed by atoms with van der Waals surface area (Å²) >= 11 is 0. The lowest BCUT2D eigenvalue weighted by atomic mass is 9.91. The zero-order valence-electron chi connectivity index (χ0n) is 12.5. The van der Waals surface area contributed by atoms with E-state index < -0.39 is 76.1 Å². The molecule has 1 heterocycles. The van der Waals surface area contributed by atoms with Crippen LogP contribution in [0, 0.1) is 0 Å². The van der Waals surface area contributed by atoms with Gasteiger partial charge in [-0.2, -0.15) is 16.8 Å². The molecule has 26 heavy (non-hydrogen) atoms. The third-order valence-corrected chi connectivity index (χ3v) is 4.15. The zero-order valence-corrected chi connectivity index (χ0v) is 14.1. The molecule has 0 aromatic rings. The summed E-state index contributed by atoms with van der Waals surface area (Å²) in [5.41, 5.74) is 0. The molecule has 1 aliphatic heterocycles. The second kappa shape index (κ2) is 7.94. The lowest BCUT2D eigenvalue weighted by Gasteiger charge is -2.42. The van der Waals surface area contributed by atoms with Gasteiger partial charge in [0.15, 0.2) is 0 Å². The molecule has 0 aromatic heterocycles. The molecule has 1 unspecified atom stereocenters. The molecule has 0 aromatic carbocycles. The molecular weight excluding hydrogens is 412 g/mol. The Balaban J connectivity index is 3.13.